The molecule has 40 heavy (non-hydrogen) atoms. The number of rotatable bonds is 14. The Labute approximate surface area is 235 Å². The van der Waals surface area contributed by atoms with Gasteiger partial charge in [0.15, 0.2) is 0 Å². The van der Waals surface area contributed by atoms with Gasteiger partial charge in [0.05, 0.1) is 12.1 Å². The normalized spacial score (nSPS) is 12.4. The van der Waals surface area contributed by atoms with Gasteiger partial charge in [-0.1, -0.05) is 60.7 Å². The molecule has 0 aliphatic heterocycles. The molecule has 0 radical (unpaired) electrons. The van der Waals surface area contributed by atoms with Gasteiger partial charge in [-0.15, -0.1) is 0 Å². The highest BCUT2D eigenvalue weighted by Gasteiger charge is 2.17. The first kappa shape index (κ1) is 31.9. The van der Waals surface area contributed by atoms with Gasteiger partial charge >= 0.3 is 24.0 Å². The lowest BCUT2D eigenvalue weighted by Gasteiger charge is -2.20. The van der Waals surface area contributed by atoms with Crippen molar-refractivity contribution in [2.45, 2.75) is 64.7 Å². The summed E-state index contributed by atoms with van der Waals surface area (Å²) in [6.45, 7) is 7.19. The van der Waals surface area contributed by atoms with Gasteiger partial charge in [-0.25, -0.2) is 19.2 Å². The van der Waals surface area contributed by atoms with E-state index in [2.05, 4.69) is 21.3 Å². The largest absolute Gasteiger partial charge is 0.460 e. The smallest absolute Gasteiger partial charge is 0.331 e. The Bertz CT molecular complexity index is 1020. The molecule has 0 aliphatic rings. The van der Waals surface area contributed by atoms with Crippen LogP contribution in [0.15, 0.2) is 72.8 Å². The van der Waals surface area contributed by atoms with E-state index in [9.17, 15) is 19.2 Å². The Hall–Kier alpha value is -4.34. The van der Waals surface area contributed by atoms with Crippen LogP contribution in [-0.2, 0) is 31.9 Å². The Morgan fingerprint density at radius 1 is 0.600 bits per heavy atom. The van der Waals surface area contributed by atoms with Crippen LogP contribution in [0, 0.1) is 0 Å². The van der Waals surface area contributed by atoms with Crippen molar-refractivity contribution in [3.8, 4) is 0 Å². The zero-order chi connectivity index (χ0) is 29.3. The maximum Gasteiger partial charge on any atom is 0.331 e. The van der Waals surface area contributed by atoms with Crippen LogP contribution in [0.3, 0.4) is 0 Å². The average molecular weight is 553 g/mol. The maximum atomic E-state index is 12.3. The summed E-state index contributed by atoms with van der Waals surface area (Å²) in [6.07, 6.45) is 2.85. The van der Waals surface area contributed by atoms with E-state index in [1.165, 1.54) is 0 Å². The summed E-state index contributed by atoms with van der Waals surface area (Å²) in [4.78, 5) is 49.0. The second-order valence-corrected chi connectivity index (χ2v) is 9.91. The molecule has 2 aromatic rings. The number of carbonyl (C=O) groups excluding carboxylic acids is 4. The van der Waals surface area contributed by atoms with E-state index in [0.29, 0.717) is 12.8 Å². The van der Waals surface area contributed by atoms with E-state index < -0.39 is 24.0 Å². The van der Waals surface area contributed by atoms with E-state index in [1.807, 2.05) is 88.4 Å². The summed E-state index contributed by atoms with van der Waals surface area (Å²) in [5.74, 6) is -1.51. The van der Waals surface area contributed by atoms with Gasteiger partial charge < -0.3 is 30.7 Å². The molecule has 4 amide bonds. The number of esters is 2. The first-order chi connectivity index (χ1) is 19.1. The van der Waals surface area contributed by atoms with Crippen LogP contribution in [0.1, 0.15) is 38.8 Å². The summed E-state index contributed by atoms with van der Waals surface area (Å²) in [7, 11) is 0. The molecular weight excluding hydrogens is 512 g/mol. The Kier molecular flexibility index (Phi) is 13.8. The van der Waals surface area contributed by atoms with Gasteiger partial charge in [0, 0.05) is 24.2 Å². The van der Waals surface area contributed by atoms with Crippen LogP contribution >= 0.6 is 0 Å². The predicted molar refractivity (Wildman–Crippen MR) is 153 cm³/mol. The molecule has 4 N–H and O–H groups in total. The van der Waals surface area contributed by atoms with Gasteiger partial charge in [0.25, 0.3) is 0 Å². The molecule has 0 fully saturated rings. The lowest BCUT2D eigenvalue weighted by atomic mass is 10.1. The minimum absolute atomic E-state index is 0.0547. The number of ether oxygens (including phenoxy) is 2. The Morgan fingerprint density at radius 3 is 1.27 bits per heavy atom. The standard InChI is InChI=1S/C30H40N4O6/c1-21(2)31-29(37)33-25(17-23-11-7-5-8-12-23)19-39-27(35)15-16-28(36)40-20-26(34-30(38)32-22(3)4)18-24-13-9-6-10-14-24/h5-16,21-22,25-26H,17-20H2,1-4H3,(H2,31,33,37)(H2,32,34,38)/b16-15+/t25-,26-/m0/s1. The minimum Gasteiger partial charge on any atom is -0.460 e. The zero-order valence-electron chi connectivity index (χ0n) is 23.5. The van der Waals surface area contributed by atoms with Crippen LogP contribution in [-0.4, -0.2) is 61.4 Å². The van der Waals surface area contributed by atoms with Crippen molar-refractivity contribution in [3.05, 3.63) is 83.9 Å². The third kappa shape index (κ3) is 14.0. The van der Waals surface area contributed by atoms with Gasteiger partial charge in [-0.2, -0.15) is 0 Å². The first-order valence-electron chi connectivity index (χ1n) is 13.3. The number of benzene rings is 2. The molecule has 10 nitrogen and oxygen atoms in total. The molecule has 0 bridgehead atoms. The average Bonchev–Trinajstić information content (AvgIpc) is 2.89. The van der Waals surface area contributed by atoms with Gasteiger partial charge in [-0.05, 0) is 51.7 Å². The van der Waals surface area contributed by atoms with Crippen molar-refractivity contribution in [1.82, 2.24) is 21.3 Å². The van der Waals surface area contributed by atoms with Crippen molar-refractivity contribution < 1.29 is 28.7 Å². The molecule has 0 heterocycles. The maximum absolute atomic E-state index is 12.3. The van der Waals surface area contributed by atoms with Gasteiger partial charge in [0.1, 0.15) is 13.2 Å². The highest BCUT2D eigenvalue weighted by Crippen LogP contribution is 2.06. The van der Waals surface area contributed by atoms with Crippen molar-refractivity contribution in [3.63, 3.8) is 0 Å². The number of hydrogen-bond donors (Lipinski definition) is 4. The van der Waals surface area contributed by atoms with E-state index in [0.717, 1.165) is 23.3 Å². The lowest BCUT2D eigenvalue weighted by molar-refractivity contribution is -0.141. The molecule has 0 spiro atoms. The van der Waals surface area contributed by atoms with E-state index >= 15 is 0 Å². The van der Waals surface area contributed by atoms with Crippen molar-refractivity contribution in [2.75, 3.05) is 13.2 Å². The van der Waals surface area contributed by atoms with Crippen LogP contribution in [0.5, 0.6) is 0 Å². The summed E-state index contributed by atoms with van der Waals surface area (Å²) >= 11 is 0. The highest BCUT2D eigenvalue weighted by atomic mass is 16.5. The Morgan fingerprint density at radius 2 is 0.950 bits per heavy atom. The van der Waals surface area contributed by atoms with Crippen molar-refractivity contribution in [2.24, 2.45) is 0 Å². The van der Waals surface area contributed by atoms with Crippen LogP contribution in [0.2, 0.25) is 0 Å². The third-order valence-corrected chi connectivity index (χ3v) is 5.37. The van der Waals surface area contributed by atoms with E-state index in [4.69, 9.17) is 9.47 Å². The molecule has 2 atom stereocenters. The number of hydrogen-bond acceptors (Lipinski definition) is 6. The number of carbonyl (C=O) groups is 4. The summed E-state index contributed by atoms with van der Waals surface area (Å²) in [5.41, 5.74) is 1.93. The van der Waals surface area contributed by atoms with E-state index in [1.54, 1.807) is 0 Å². The molecule has 10 heteroatoms. The predicted octanol–water partition coefficient (Wildman–Crippen LogP) is 3.27. The number of nitrogens with one attached hydrogen (secondary N) is 4. The minimum atomic E-state index is -0.753. The van der Waals surface area contributed by atoms with Gasteiger partial charge in [-0.3, -0.25) is 0 Å². The molecule has 2 aromatic carbocycles. The molecule has 2 rings (SSSR count). The summed E-state index contributed by atoms with van der Waals surface area (Å²) in [6, 6.07) is 17.2. The topological polar surface area (TPSA) is 135 Å². The molecule has 0 unspecified atom stereocenters. The molecule has 0 saturated carbocycles. The molecular formula is C30H40N4O6. The van der Waals surface area contributed by atoms with Crippen LogP contribution in [0.4, 0.5) is 9.59 Å². The number of urea groups is 2. The molecule has 0 saturated heterocycles. The second kappa shape index (κ2) is 17.3. The zero-order valence-corrected chi connectivity index (χ0v) is 23.5. The summed E-state index contributed by atoms with van der Waals surface area (Å²) < 4.78 is 10.6. The monoisotopic (exact) mass is 552 g/mol. The quantitative estimate of drug-likeness (QED) is 0.210. The lowest BCUT2D eigenvalue weighted by Crippen LogP contribution is -2.47. The molecule has 0 aromatic heterocycles. The van der Waals surface area contributed by atoms with Crippen LogP contribution < -0.4 is 21.3 Å². The third-order valence-electron chi connectivity index (χ3n) is 5.37. The first-order valence-corrected chi connectivity index (χ1v) is 13.3. The van der Waals surface area contributed by atoms with E-state index in [-0.39, 0.29) is 37.4 Å². The highest BCUT2D eigenvalue weighted by molar-refractivity contribution is 5.91. The fraction of sp³-hybridized carbons (Fsp3) is 0.400. The van der Waals surface area contributed by atoms with Crippen molar-refractivity contribution >= 4 is 24.0 Å². The van der Waals surface area contributed by atoms with Crippen LogP contribution in [0.25, 0.3) is 0 Å². The second-order valence-electron chi connectivity index (χ2n) is 9.91. The molecule has 0 aliphatic carbocycles. The summed E-state index contributed by atoms with van der Waals surface area (Å²) in [5, 5.41) is 11.1. The van der Waals surface area contributed by atoms with Gasteiger partial charge in [0.2, 0.25) is 0 Å². The fourth-order valence-electron chi connectivity index (χ4n) is 3.68. The van der Waals surface area contributed by atoms with Crippen molar-refractivity contribution in [1.29, 1.82) is 0 Å². The molecule has 216 valence electrons. The fourth-order valence-corrected chi connectivity index (χ4v) is 3.68. The Balaban J connectivity index is 1.89. The number of amides is 4. The SMILES string of the molecule is CC(C)NC(=O)N[C@H](COC(=O)/C=C/C(=O)OC[C@H](Cc1ccccc1)NC(=O)NC(C)C)Cc1ccccc1.